The van der Waals surface area contributed by atoms with Crippen molar-refractivity contribution in [2.75, 3.05) is 5.32 Å². The lowest BCUT2D eigenvalue weighted by Crippen LogP contribution is -2.38. The molecule has 0 bridgehead atoms. The predicted octanol–water partition coefficient (Wildman–Crippen LogP) is 4.41. The molecule has 1 saturated carbocycles. The third-order valence-electron chi connectivity index (χ3n) is 5.57. The van der Waals surface area contributed by atoms with Gasteiger partial charge in [-0.3, -0.25) is 9.59 Å². The van der Waals surface area contributed by atoms with E-state index in [4.69, 9.17) is 4.42 Å². The van der Waals surface area contributed by atoms with Crippen LogP contribution >= 0.6 is 11.8 Å². The summed E-state index contributed by atoms with van der Waals surface area (Å²) in [6.45, 7) is 1.74. The smallest absolute Gasteiger partial charge is 0.259 e. The minimum atomic E-state index is -0.233. The van der Waals surface area contributed by atoms with E-state index in [0.717, 1.165) is 30.8 Å². The molecule has 1 aliphatic rings. The topological polar surface area (TPSA) is 89.2 Å². The fraction of sp³-hybridized carbons (Fsp3) is 0.348. The summed E-state index contributed by atoms with van der Waals surface area (Å²) in [5.41, 5.74) is 1.72. The Balaban J connectivity index is 1.26. The quantitative estimate of drug-likeness (QED) is 0.595. The second kappa shape index (κ2) is 9.43. The van der Waals surface area contributed by atoms with Crippen molar-refractivity contribution in [3.8, 4) is 0 Å². The first kappa shape index (κ1) is 21.2. The van der Waals surface area contributed by atoms with Crippen molar-refractivity contribution in [2.45, 2.75) is 49.1 Å². The minimum absolute atomic E-state index is 0.0799. The van der Waals surface area contributed by atoms with Crippen molar-refractivity contribution in [3.63, 3.8) is 0 Å². The van der Waals surface area contributed by atoms with Crippen LogP contribution in [0.5, 0.6) is 0 Å². The fourth-order valence-corrected chi connectivity index (χ4v) is 4.89. The highest BCUT2D eigenvalue weighted by molar-refractivity contribution is 7.99. The van der Waals surface area contributed by atoms with Gasteiger partial charge in [-0.1, -0.05) is 11.8 Å². The Kier molecular flexibility index (Phi) is 6.46. The number of furan rings is 1. The molecule has 0 atom stereocenters. The van der Waals surface area contributed by atoms with Gasteiger partial charge in [0.2, 0.25) is 0 Å². The average molecular weight is 439 g/mol. The van der Waals surface area contributed by atoms with Crippen molar-refractivity contribution in [1.82, 2.24) is 14.9 Å². The lowest BCUT2D eigenvalue weighted by molar-refractivity contribution is 0.0927. The summed E-state index contributed by atoms with van der Waals surface area (Å²) in [4.78, 5) is 29.3. The van der Waals surface area contributed by atoms with Crippen molar-refractivity contribution in [3.05, 3.63) is 65.9 Å². The highest BCUT2D eigenvalue weighted by Gasteiger charge is 2.24. The lowest BCUT2D eigenvalue weighted by Gasteiger charge is -2.28. The second-order valence-electron chi connectivity index (χ2n) is 7.81. The normalized spacial score (nSPS) is 18.5. The molecule has 0 radical (unpaired) electrons. The molecular formula is C23H26N4O3S. The van der Waals surface area contributed by atoms with Gasteiger partial charge in [-0.2, -0.15) is 0 Å². The van der Waals surface area contributed by atoms with Gasteiger partial charge >= 0.3 is 0 Å². The van der Waals surface area contributed by atoms with E-state index in [2.05, 4.69) is 15.6 Å². The zero-order valence-corrected chi connectivity index (χ0v) is 18.4. The van der Waals surface area contributed by atoms with Gasteiger partial charge in [0.05, 0.1) is 11.8 Å². The van der Waals surface area contributed by atoms with E-state index >= 15 is 0 Å². The monoisotopic (exact) mass is 438 g/mol. The number of imidazole rings is 1. The largest absolute Gasteiger partial charge is 0.469 e. The minimum Gasteiger partial charge on any atom is -0.469 e. The molecule has 1 aromatic carbocycles. The zero-order valence-electron chi connectivity index (χ0n) is 17.6. The summed E-state index contributed by atoms with van der Waals surface area (Å²) < 4.78 is 7.21. The van der Waals surface area contributed by atoms with Crippen LogP contribution in [0.4, 0.5) is 5.69 Å². The molecule has 1 aliphatic carbocycles. The number of amides is 2. The van der Waals surface area contributed by atoms with E-state index in [9.17, 15) is 9.59 Å². The Morgan fingerprint density at radius 3 is 2.45 bits per heavy atom. The molecule has 0 spiro atoms. The number of rotatable bonds is 6. The van der Waals surface area contributed by atoms with Crippen LogP contribution in [0.1, 0.15) is 52.2 Å². The summed E-state index contributed by atoms with van der Waals surface area (Å²) in [5, 5.41) is 7.55. The number of nitrogens with one attached hydrogen (secondary N) is 2. The Bertz CT molecular complexity index is 1050. The van der Waals surface area contributed by atoms with Gasteiger partial charge < -0.3 is 19.6 Å². The van der Waals surface area contributed by atoms with Crippen LogP contribution in [-0.2, 0) is 7.05 Å². The number of anilines is 1. The fourth-order valence-electron chi connectivity index (χ4n) is 3.73. The molecule has 8 heteroatoms. The number of aromatic nitrogens is 2. The van der Waals surface area contributed by atoms with Crippen LogP contribution in [0, 0.1) is 6.92 Å². The summed E-state index contributed by atoms with van der Waals surface area (Å²) >= 11 is 1.82. The summed E-state index contributed by atoms with van der Waals surface area (Å²) in [6.07, 6.45) is 9.31. The molecule has 162 valence electrons. The van der Waals surface area contributed by atoms with Gasteiger partial charge in [0.1, 0.15) is 5.76 Å². The zero-order chi connectivity index (χ0) is 21.8. The number of nitrogens with zero attached hydrogens (tertiary/aromatic N) is 2. The van der Waals surface area contributed by atoms with Crippen LogP contribution in [-0.4, -0.2) is 32.7 Å². The standard InChI is InChI=1S/C23H26N4O3S/c1-15-20(11-14-30-15)22(29)26-17-5-3-16(4-6-17)21(28)25-18-7-9-19(10-8-18)31-23-24-12-13-27(23)2/h3-6,11-14,18-19H,7-10H2,1-2H3,(H,25,28)(H,26,29). The Labute approximate surface area is 185 Å². The molecule has 4 rings (SSSR count). The molecule has 2 aromatic heterocycles. The van der Waals surface area contributed by atoms with Crippen molar-refractivity contribution in [2.24, 2.45) is 7.05 Å². The summed E-state index contributed by atoms with van der Waals surface area (Å²) in [6, 6.07) is 8.77. The lowest BCUT2D eigenvalue weighted by atomic mass is 9.94. The van der Waals surface area contributed by atoms with Gasteiger partial charge in [0.25, 0.3) is 11.8 Å². The molecule has 2 heterocycles. The molecule has 0 aliphatic heterocycles. The Morgan fingerprint density at radius 2 is 1.84 bits per heavy atom. The van der Waals surface area contributed by atoms with Crippen LogP contribution in [0.3, 0.4) is 0 Å². The van der Waals surface area contributed by atoms with Gasteiger partial charge in [-0.25, -0.2) is 4.98 Å². The van der Waals surface area contributed by atoms with Crippen LogP contribution in [0.15, 0.2) is 58.6 Å². The maximum Gasteiger partial charge on any atom is 0.259 e. The number of benzene rings is 1. The predicted molar refractivity (Wildman–Crippen MR) is 120 cm³/mol. The third kappa shape index (κ3) is 5.19. The van der Waals surface area contributed by atoms with E-state index in [0.29, 0.717) is 27.8 Å². The first-order valence-electron chi connectivity index (χ1n) is 10.4. The van der Waals surface area contributed by atoms with E-state index in [1.54, 1.807) is 37.3 Å². The number of hydrogen-bond acceptors (Lipinski definition) is 5. The highest BCUT2D eigenvalue weighted by Crippen LogP contribution is 2.32. The molecule has 31 heavy (non-hydrogen) atoms. The van der Waals surface area contributed by atoms with Gasteiger partial charge in [-0.15, -0.1) is 0 Å². The maximum absolute atomic E-state index is 12.6. The van der Waals surface area contributed by atoms with E-state index in [1.807, 2.05) is 35.8 Å². The Hall–Kier alpha value is -3.00. The first-order chi connectivity index (χ1) is 15.0. The van der Waals surface area contributed by atoms with E-state index < -0.39 is 0 Å². The molecular weight excluding hydrogens is 412 g/mol. The van der Waals surface area contributed by atoms with Crippen molar-refractivity contribution >= 4 is 29.3 Å². The SMILES string of the molecule is Cc1occc1C(=O)Nc1ccc(C(=O)NC2CCC(Sc3nccn3C)CC2)cc1. The average Bonchev–Trinajstić information content (AvgIpc) is 3.38. The molecule has 3 aromatic rings. The van der Waals surface area contributed by atoms with E-state index in [1.165, 1.54) is 6.26 Å². The highest BCUT2D eigenvalue weighted by atomic mass is 32.2. The molecule has 1 fully saturated rings. The number of carbonyl (C=O) groups excluding carboxylic acids is 2. The Morgan fingerprint density at radius 1 is 1.10 bits per heavy atom. The molecule has 2 N–H and O–H groups in total. The molecule has 7 nitrogen and oxygen atoms in total. The van der Waals surface area contributed by atoms with Crippen molar-refractivity contribution < 1.29 is 14.0 Å². The summed E-state index contributed by atoms with van der Waals surface area (Å²) in [5.74, 6) is 0.258. The van der Waals surface area contributed by atoms with Gasteiger partial charge in [-0.05, 0) is 62.9 Å². The van der Waals surface area contributed by atoms with Crippen LogP contribution < -0.4 is 10.6 Å². The third-order valence-corrected chi connectivity index (χ3v) is 6.98. The van der Waals surface area contributed by atoms with Crippen molar-refractivity contribution in [1.29, 1.82) is 0 Å². The molecule has 2 amide bonds. The van der Waals surface area contributed by atoms with Crippen LogP contribution in [0.2, 0.25) is 0 Å². The molecule has 0 unspecified atom stereocenters. The number of carbonyl (C=O) groups is 2. The number of thioether (sulfide) groups is 1. The first-order valence-corrected chi connectivity index (χ1v) is 11.3. The summed E-state index contributed by atoms with van der Waals surface area (Å²) in [7, 11) is 2.01. The van der Waals surface area contributed by atoms with Gasteiger partial charge in [0, 0.05) is 42.0 Å². The number of aryl methyl sites for hydroxylation is 2. The van der Waals surface area contributed by atoms with Crippen LogP contribution in [0.25, 0.3) is 0 Å². The maximum atomic E-state index is 12.6. The second-order valence-corrected chi connectivity index (χ2v) is 9.08. The van der Waals surface area contributed by atoms with Gasteiger partial charge in [0.15, 0.2) is 5.16 Å². The molecule has 0 saturated heterocycles. The van der Waals surface area contributed by atoms with E-state index in [-0.39, 0.29) is 17.9 Å². The number of hydrogen-bond donors (Lipinski definition) is 2.